The van der Waals surface area contributed by atoms with E-state index in [0.717, 1.165) is 43.2 Å². The van der Waals surface area contributed by atoms with Crippen LogP contribution < -0.4 is 10.2 Å². The van der Waals surface area contributed by atoms with E-state index in [1.165, 1.54) is 0 Å². The molecular formula is C18H23N7O2. The first-order valence-corrected chi connectivity index (χ1v) is 9.61. The highest BCUT2D eigenvalue weighted by molar-refractivity contribution is 5.84. The predicted octanol–water partition coefficient (Wildman–Crippen LogP) is 0.175. The van der Waals surface area contributed by atoms with Crippen LogP contribution in [0.5, 0.6) is 0 Å². The lowest BCUT2D eigenvalue weighted by atomic mass is 9.96. The molecule has 9 nitrogen and oxygen atoms in total. The van der Waals surface area contributed by atoms with Crippen LogP contribution in [0, 0.1) is 5.92 Å². The molecule has 0 spiro atoms. The normalized spacial score (nSPS) is 23.2. The fourth-order valence-corrected chi connectivity index (χ4v) is 3.86. The summed E-state index contributed by atoms with van der Waals surface area (Å²) in [5.41, 5.74) is 0.782. The molecule has 2 aliphatic heterocycles. The number of hydrogen-bond acceptors (Lipinski definition) is 6. The molecule has 2 amide bonds. The third-order valence-corrected chi connectivity index (χ3v) is 5.91. The van der Waals surface area contributed by atoms with Gasteiger partial charge >= 0.3 is 0 Å². The van der Waals surface area contributed by atoms with Crippen LogP contribution in [0.15, 0.2) is 12.1 Å². The van der Waals surface area contributed by atoms with Gasteiger partial charge < -0.3 is 15.1 Å². The molecule has 9 heteroatoms. The highest BCUT2D eigenvalue weighted by Gasteiger charge is 2.37. The van der Waals surface area contributed by atoms with Crippen molar-refractivity contribution in [2.24, 2.45) is 5.92 Å². The lowest BCUT2D eigenvalue weighted by Gasteiger charge is -2.45. The minimum absolute atomic E-state index is 0.0394. The highest BCUT2D eigenvalue weighted by atomic mass is 16.2. The van der Waals surface area contributed by atoms with Gasteiger partial charge in [-0.1, -0.05) is 0 Å². The monoisotopic (exact) mass is 369 g/mol. The lowest BCUT2D eigenvalue weighted by molar-refractivity contribution is -0.138. The van der Waals surface area contributed by atoms with Crippen LogP contribution in [0.2, 0.25) is 0 Å². The summed E-state index contributed by atoms with van der Waals surface area (Å²) in [5, 5.41) is 16.0. The maximum absolute atomic E-state index is 12.7. The van der Waals surface area contributed by atoms with E-state index < -0.39 is 0 Å². The first kappa shape index (κ1) is 16.5. The van der Waals surface area contributed by atoms with E-state index in [-0.39, 0.29) is 23.8 Å². The van der Waals surface area contributed by atoms with Gasteiger partial charge in [0, 0.05) is 39.0 Å². The Bertz CT molecular complexity index is 890. The number of piperidine rings is 1. The molecule has 1 atom stereocenters. The Morgan fingerprint density at radius 1 is 1.22 bits per heavy atom. The highest BCUT2D eigenvalue weighted by Crippen LogP contribution is 2.38. The molecule has 0 radical (unpaired) electrons. The van der Waals surface area contributed by atoms with Gasteiger partial charge in [-0.2, -0.15) is 4.52 Å². The number of amides is 2. The zero-order valence-corrected chi connectivity index (χ0v) is 15.3. The van der Waals surface area contributed by atoms with E-state index >= 15 is 0 Å². The molecule has 1 unspecified atom stereocenters. The molecule has 2 aromatic heterocycles. The van der Waals surface area contributed by atoms with E-state index in [4.69, 9.17) is 5.10 Å². The van der Waals surface area contributed by atoms with Gasteiger partial charge in [0.25, 0.3) is 0 Å². The number of carbonyl (C=O) groups is 2. The number of likely N-dealkylation sites (N-methyl/N-ethyl adjacent to an activating group) is 1. The topological polar surface area (TPSA) is 95.7 Å². The smallest absolute Gasteiger partial charge is 0.227 e. The second kappa shape index (κ2) is 6.17. The number of fused-ring (bicyclic) bond motifs is 1. The molecular weight excluding hydrogens is 346 g/mol. The van der Waals surface area contributed by atoms with Crippen LogP contribution in [-0.4, -0.2) is 69.2 Å². The summed E-state index contributed by atoms with van der Waals surface area (Å²) in [7, 11) is 1.86. The van der Waals surface area contributed by atoms with Crippen LogP contribution in [0.1, 0.15) is 37.4 Å². The zero-order chi connectivity index (χ0) is 18.5. The van der Waals surface area contributed by atoms with Gasteiger partial charge in [-0.3, -0.25) is 9.59 Å². The van der Waals surface area contributed by atoms with Crippen molar-refractivity contribution < 1.29 is 9.59 Å². The van der Waals surface area contributed by atoms with Crippen LogP contribution in [0.4, 0.5) is 5.82 Å². The fourth-order valence-electron chi connectivity index (χ4n) is 3.86. The second-order valence-corrected chi connectivity index (χ2v) is 7.84. The first-order valence-electron chi connectivity index (χ1n) is 9.61. The number of nitrogens with zero attached hydrogens (tertiary/aromatic N) is 6. The Kier molecular flexibility index (Phi) is 3.76. The summed E-state index contributed by atoms with van der Waals surface area (Å²) in [6, 6.07) is 4.10. The average molecular weight is 369 g/mol. The van der Waals surface area contributed by atoms with Gasteiger partial charge in [-0.15, -0.1) is 15.3 Å². The number of carbonyl (C=O) groups excluding carboxylic acids is 2. The Labute approximate surface area is 156 Å². The van der Waals surface area contributed by atoms with E-state index in [0.29, 0.717) is 25.3 Å². The molecule has 1 aliphatic carbocycles. The van der Waals surface area contributed by atoms with E-state index in [2.05, 4.69) is 20.4 Å². The molecule has 0 aromatic carbocycles. The number of nitrogens with one attached hydrogen (secondary N) is 1. The molecule has 142 valence electrons. The van der Waals surface area contributed by atoms with Crippen LogP contribution in [0.3, 0.4) is 0 Å². The van der Waals surface area contributed by atoms with E-state index in [9.17, 15) is 9.59 Å². The van der Waals surface area contributed by atoms with Crippen molar-refractivity contribution in [3.63, 3.8) is 0 Å². The molecule has 4 heterocycles. The minimum atomic E-state index is -0.102. The molecule has 3 fully saturated rings. The molecule has 27 heavy (non-hydrogen) atoms. The van der Waals surface area contributed by atoms with Crippen molar-refractivity contribution in [1.82, 2.24) is 30.0 Å². The standard InChI is InChI=1S/C18H23N7O2/c1-23(18(27)12-4-7-16(26)19-8-12)13-9-24(10-13)15-6-5-14-20-21-17(11-2-3-11)25(14)22-15/h5-6,11-13H,2-4,7-10H2,1H3,(H,19,26). The van der Waals surface area contributed by atoms with E-state index in [1.807, 2.05) is 28.6 Å². The van der Waals surface area contributed by atoms with Gasteiger partial charge in [0.2, 0.25) is 11.8 Å². The summed E-state index contributed by atoms with van der Waals surface area (Å²) in [5.74, 6) is 2.40. The van der Waals surface area contributed by atoms with Crippen LogP contribution in [0.25, 0.3) is 5.65 Å². The quantitative estimate of drug-likeness (QED) is 0.826. The third-order valence-electron chi connectivity index (χ3n) is 5.91. The van der Waals surface area contributed by atoms with Crippen molar-refractivity contribution >= 4 is 23.3 Å². The van der Waals surface area contributed by atoms with Gasteiger partial charge in [0.15, 0.2) is 11.5 Å². The van der Waals surface area contributed by atoms with Crippen LogP contribution >= 0.6 is 0 Å². The van der Waals surface area contributed by atoms with Gasteiger partial charge in [-0.25, -0.2) is 0 Å². The first-order chi connectivity index (χ1) is 13.1. The van der Waals surface area contributed by atoms with E-state index in [1.54, 1.807) is 0 Å². The SMILES string of the molecule is CN(C(=O)C1CCC(=O)NC1)C1CN(c2ccc3nnc(C4CC4)n3n2)C1. The maximum atomic E-state index is 12.7. The number of anilines is 1. The van der Waals surface area contributed by atoms with Crippen LogP contribution in [-0.2, 0) is 9.59 Å². The zero-order valence-electron chi connectivity index (χ0n) is 15.3. The van der Waals surface area contributed by atoms with Gasteiger partial charge in [-0.05, 0) is 31.4 Å². The Balaban J connectivity index is 1.23. The molecule has 3 aliphatic rings. The van der Waals surface area contributed by atoms with Crippen molar-refractivity contribution in [3.05, 3.63) is 18.0 Å². The Morgan fingerprint density at radius 3 is 2.74 bits per heavy atom. The number of hydrogen-bond donors (Lipinski definition) is 1. The average Bonchev–Trinajstić information content (AvgIpc) is 3.40. The summed E-state index contributed by atoms with van der Waals surface area (Å²) >= 11 is 0. The summed E-state index contributed by atoms with van der Waals surface area (Å²) in [6.45, 7) is 1.98. The molecule has 1 saturated carbocycles. The molecule has 2 aromatic rings. The lowest BCUT2D eigenvalue weighted by Crippen LogP contribution is -2.61. The Hall–Kier alpha value is -2.71. The number of rotatable bonds is 4. The summed E-state index contributed by atoms with van der Waals surface area (Å²) < 4.78 is 1.86. The summed E-state index contributed by atoms with van der Waals surface area (Å²) in [4.78, 5) is 28.0. The summed E-state index contributed by atoms with van der Waals surface area (Å²) in [6.07, 6.45) is 3.40. The molecule has 5 rings (SSSR count). The minimum Gasteiger partial charge on any atom is -0.355 e. The predicted molar refractivity (Wildman–Crippen MR) is 97.3 cm³/mol. The number of aromatic nitrogens is 4. The maximum Gasteiger partial charge on any atom is 0.227 e. The van der Waals surface area contributed by atoms with Gasteiger partial charge in [0.05, 0.1) is 12.0 Å². The van der Waals surface area contributed by atoms with Crippen molar-refractivity contribution in [1.29, 1.82) is 0 Å². The fraction of sp³-hybridized carbons (Fsp3) is 0.611. The second-order valence-electron chi connectivity index (χ2n) is 7.84. The molecule has 1 N–H and O–H groups in total. The van der Waals surface area contributed by atoms with Gasteiger partial charge in [0.1, 0.15) is 5.82 Å². The largest absolute Gasteiger partial charge is 0.355 e. The van der Waals surface area contributed by atoms with Crippen molar-refractivity contribution in [3.8, 4) is 0 Å². The third kappa shape index (κ3) is 2.90. The molecule has 0 bridgehead atoms. The van der Waals surface area contributed by atoms with Crippen molar-refractivity contribution in [2.45, 2.75) is 37.6 Å². The Morgan fingerprint density at radius 2 is 2.04 bits per heavy atom. The van der Waals surface area contributed by atoms with Crippen molar-refractivity contribution in [2.75, 3.05) is 31.6 Å². The molecule has 2 saturated heterocycles.